The van der Waals surface area contributed by atoms with Gasteiger partial charge in [-0.05, 0) is 70.9 Å². The molecule has 0 radical (unpaired) electrons. The molecular weight excluding hydrogens is 583 g/mol. The van der Waals surface area contributed by atoms with Crippen molar-refractivity contribution < 1.29 is 12.9 Å². The zero-order valence-corrected chi connectivity index (χ0v) is 25.9. The molecule has 0 N–H and O–H groups in total. The molecule has 0 aliphatic carbocycles. The molecule has 0 amide bonds. The van der Waals surface area contributed by atoms with Crippen molar-refractivity contribution in [3.05, 3.63) is 143 Å². The number of para-hydroxylation sites is 1. The Bertz CT molecular complexity index is 1990. The molecule has 1 aliphatic rings. The van der Waals surface area contributed by atoms with Gasteiger partial charge in [0, 0.05) is 40.0 Å². The number of benzene rings is 5. The van der Waals surface area contributed by atoms with Crippen LogP contribution >= 0.6 is 18.9 Å². The second-order valence-electron chi connectivity index (χ2n) is 10.8. The Hall–Kier alpha value is -3.83. The van der Waals surface area contributed by atoms with Gasteiger partial charge in [0.1, 0.15) is 5.75 Å². The Kier molecular flexibility index (Phi) is 7.26. The summed E-state index contributed by atoms with van der Waals surface area (Å²) in [4.78, 5) is 2.16. The van der Waals surface area contributed by atoms with Crippen molar-refractivity contribution in [3.63, 3.8) is 0 Å². The number of nitrogens with zero attached hydrogens (tertiary/aromatic N) is 2. The molecule has 0 saturated carbocycles. The van der Waals surface area contributed by atoms with Crippen molar-refractivity contribution in [1.29, 1.82) is 0 Å². The van der Waals surface area contributed by atoms with Gasteiger partial charge in [-0.15, -0.1) is 4.15 Å². The van der Waals surface area contributed by atoms with Crippen LogP contribution in [0, 0.1) is 0 Å². The van der Waals surface area contributed by atoms with E-state index in [0.29, 0.717) is 16.1 Å². The molecule has 0 unspecified atom stereocenters. The van der Waals surface area contributed by atoms with E-state index in [2.05, 4.69) is 30.9 Å². The summed E-state index contributed by atoms with van der Waals surface area (Å²) in [6, 6.07) is 37.5. The summed E-state index contributed by atoms with van der Waals surface area (Å²) in [6.07, 6.45) is 0. The molecule has 5 aromatic carbocycles. The first-order chi connectivity index (χ1) is 20.1. The molecule has 1 atom stereocenters. The molecule has 0 saturated heterocycles. The van der Waals surface area contributed by atoms with E-state index in [9.17, 15) is 8.42 Å². The highest BCUT2D eigenvalue weighted by Crippen LogP contribution is 2.58. The molecule has 212 valence electrons. The predicted octanol–water partition coefficient (Wildman–Crippen LogP) is 8.97. The van der Waals surface area contributed by atoms with Crippen molar-refractivity contribution in [2.24, 2.45) is 4.15 Å². The number of anilines is 1. The average molecular weight is 613 g/mol. The van der Waals surface area contributed by atoms with Gasteiger partial charge in [0.15, 0.2) is 0 Å². The summed E-state index contributed by atoms with van der Waals surface area (Å²) >= 11 is 6.09. The number of hydrogen-bond acceptors (Lipinski definition) is 4. The number of fused-ring (bicyclic) bond motifs is 2. The van der Waals surface area contributed by atoms with Gasteiger partial charge in [0.2, 0.25) is 7.28 Å². The quantitative estimate of drug-likeness (QED) is 0.180. The molecule has 1 aliphatic heterocycles. The smallest absolute Gasteiger partial charge is 0.284 e. The Balaban J connectivity index is 1.66. The van der Waals surface area contributed by atoms with Crippen LogP contribution in [-0.2, 0) is 15.4 Å². The molecule has 5 aromatic rings. The first kappa shape index (κ1) is 28.3. The molecule has 42 heavy (non-hydrogen) atoms. The lowest BCUT2D eigenvalue weighted by Gasteiger charge is -2.29. The lowest BCUT2D eigenvalue weighted by molar-refractivity contribution is 0.594. The standard InChI is InChI=1S/C34H30ClN2O3PS/c1-34(2)31-15-9-10-16-32(31)37(3)33(34)24-41(29-13-5-4-6-14-29,36-42(38,39)30-21-18-27(35)19-22-30)40-28-20-17-25-11-7-8-12-26(25)23-28/h4-24H,1-3H3/b33-24-/t41-/m1/s1. The SMILES string of the molecule is CN1/C(=C\[P@@](=NS(=O)(=O)c2ccc(Cl)cc2)(Oc2ccc3ccccc3c2)c2ccccc2)C(C)(C)c2ccccc21. The van der Waals surface area contributed by atoms with Crippen LogP contribution in [0.15, 0.2) is 142 Å². The van der Waals surface area contributed by atoms with E-state index in [1.165, 1.54) is 12.1 Å². The molecule has 1 heterocycles. The minimum atomic E-state index is -4.18. The number of likely N-dealkylation sites (N-methyl/N-ethyl adjacent to an activating group) is 1. The average Bonchev–Trinajstić information content (AvgIpc) is 3.18. The van der Waals surface area contributed by atoms with Gasteiger partial charge in [-0.2, -0.15) is 8.42 Å². The highest BCUT2D eigenvalue weighted by atomic mass is 35.5. The van der Waals surface area contributed by atoms with Gasteiger partial charge < -0.3 is 9.42 Å². The van der Waals surface area contributed by atoms with Crippen LogP contribution in [0.4, 0.5) is 5.69 Å². The fraction of sp³-hybridized carbons (Fsp3) is 0.118. The van der Waals surface area contributed by atoms with E-state index < -0.39 is 22.7 Å². The fourth-order valence-electron chi connectivity index (χ4n) is 5.48. The van der Waals surface area contributed by atoms with Crippen LogP contribution < -0.4 is 14.7 Å². The monoisotopic (exact) mass is 612 g/mol. The normalized spacial score (nSPS) is 16.7. The second kappa shape index (κ2) is 10.8. The highest BCUT2D eigenvalue weighted by Gasteiger charge is 2.41. The van der Waals surface area contributed by atoms with Crippen molar-refractivity contribution in [2.45, 2.75) is 24.2 Å². The molecule has 6 rings (SSSR count). The maximum atomic E-state index is 14.1. The lowest BCUT2D eigenvalue weighted by atomic mass is 9.84. The van der Waals surface area contributed by atoms with Crippen LogP contribution in [0.2, 0.25) is 5.02 Å². The summed E-state index contributed by atoms with van der Waals surface area (Å²) in [6.45, 7) is 4.29. The number of rotatable bonds is 6. The maximum absolute atomic E-state index is 14.1. The topological polar surface area (TPSA) is 59.0 Å². The molecular formula is C34H30ClN2O3PS. The molecule has 0 spiro atoms. The van der Waals surface area contributed by atoms with Gasteiger partial charge in [0.05, 0.1) is 4.90 Å². The fourth-order valence-corrected chi connectivity index (χ4v) is 10.6. The summed E-state index contributed by atoms with van der Waals surface area (Å²) in [5.74, 6) is 2.50. The third-order valence-corrected chi connectivity index (χ3v) is 12.7. The van der Waals surface area contributed by atoms with E-state index in [4.69, 9.17) is 20.3 Å². The summed E-state index contributed by atoms with van der Waals surface area (Å²) < 4.78 is 39.8. The Morgan fingerprint density at radius 1 is 0.810 bits per heavy atom. The zero-order valence-electron chi connectivity index (χ0n) is 23.5. The molecule has 8 heteroatoms. The number of hydrogen-bond donors (Lipinski definition) is 0. The van der Waals surface area contributed by atoms with E-state index in [1.54, 1.807) is 12.1 Å². The lowest BCUT2D eigenvalue weighted by Crippen LogP contribution is -2.24. The summed E-state index contributed by atoms with van der Waals surface area (Å²) in [5, 5.41) is 3.17. The molecule has 0 fully saturated rings. The third-order valence-electron chi connectivity index (χ3n) is 7.67. The van der Waals surface area contributed by atoms with Crippen LogP contribution in [0.5, 0.6) is 5.75 Å². The van der Waals surface area contributed by atoms with Crippen molar-refractivity contribution in [2.75, 3.05) is 11.9 Å². The van der Waals surface area contributed by atoms with Gasteiger partial charge in [0.25, 0.3) is 10.0 Å². The van der Waals surface area contributed by atoms with E-state index in [-0.39, 0.29) is 4.90 Å². The first-order valence-electron chi connectivity index (χ1n) is 13.5. The zero-order chi connectivity index (χ0) is 29.5. The minimum absolute atomic E-state index is 0.0510. The first-order valence-corrected chi connectivity index (χ1v) is 17.1. The van der Waals surface area contributed by atoms with Gasteiger partial charge >= 0.3 is 0 Å². The third kappa shape index (κ3) is 5.15. The molecule has 0 aromatic heterocycles. The van der Waals surface area contributed by atoms with Crippen LogP contribution in [-0.4, -0.2) is 15.5 Å². The predicted molar refractivity (Wildman–Crippen MR) is 175 cm³/mol. The largest absolute Gasteiger partial charge is 0.451 e. The van der Waals surface area contributed by atoms with Crippen molar-refractivity contribution in [1.82, 2.24) is 0 Å². The minimum Gasteiger partial charge on any atom is -0.451 e. The molecule has 5 nitrogen and oxygen atoms in total. The number of sulfonamides is 1. The summed E-state index contributed by atoms with van der Waals surface area (Å²) in [7, 11) is -5.62. The van der Waals surface area contributed by atoms with Crippen molar-refractivity contribution >= 4 is 50.7 Å². The van der Waals surface area contributed by atoms with Crippen LogP contribution in [0.3, 0.4) is 0 Å². The van der Waals surface area contributed by atoms with Gasteiger partial charge in [-0.25, -0.2) is 0 Å². The maximum Gasteiger partial charge on any atom is 0.284 e. The Morgan fingerprint density at radius 3 is 2.17 bits per heavy atom. The van der Waals surface area contributed by atoms with Crippen LogP contribution in [0.25, 0.3) is 10.8 Å². The number of allylic oxidation sites excluding steroid dienone is 1. The summed E-state index contributed by atoms with van der Waals surface area (Å²) in [5.41, 5.74) is 2.69. The van der Waals surface area contributed by atoms with Gasteiger partial charge in [-0.1, -0.05) is 92.2 Å². The number of halogens is 1. The second-order valence-corrected chi connectivity index (χ2v) is 15.5. The van der Waals surface area contributed by atoms with E-state index >= 15 is 0 Å². The van der Waals surface area contributed by atoms with E-state index in [1.807, 2.05) is 97.8 Å². The Labute approximate surface area is 252 Å². The van der Waals surface area contributed by atoms with Crippen molar-refractivity contribution in [3.8, 4) is 5.75 Å². The highest BCUT2D eigenvalue weighted by molar-refractivity contribution is 7.95. The van der Waals surface area contributed by atoms with Gasteiger partial charge in [-0.3, -0.25) is 0 Å². The molecule has 0 bridgehead atoms. The Morgan fingerprint density at radius 2 is 1.45 bits per heavy atom. The van der Waals surface area contributed by atoms with E-state index in [0.717, 1.165) is 27.7 Å². The van der Waals surface area contributed by atoms with Crippen LogP contribution in [0.1, 0.15) is 19.4 Å².